The second-order valence-corrected chi connectivity index (χ2v) is 9.84. The Morgan fingerprint density at radius 3 is 2.65 bits per heavy atom. The lowest BCUT2D eigenvalue weighted by atomic mass is 9.99. The fourth-order valence-corrected chi connectivity index (χ4v) is 5.72. The van der Waals surface area contributed by atoms with E-state index in [1.165, 1.54) is 17.6 Å². The number of hydrogen-bond donors (Lipinski definition) is 2. The Balaban J connectivity index is 1.37. The van der Waals surface area contributed by atoms with Gasteiger partial charge in [-0.2, -0.15) is 0 Å². The van der Waals surface area contributed by atoms with E-state index in [0.717, 1.165) is 35.6 Å². The number of amides is 1. The number of benzene rings is 2. The van der Waals surface area contributed by atoms with Crippen LogP contribution in [0.15, 0.2) is 48.5 Å². The maximum absolute atomic E-state index is 13.1. The lowest BCUT2D eigenvalue weighted by Gasteiger charge is -2.31. The first-order chi connectivity index (χ1) is 16.4. The highest BCUT2D eigenvalue weighted by Gasteiger charge is 2.34. The molecule has 1 amide bonds. The van der Waals surface area contributed by atoms with Crippen molar-refractivity contribution in [1.29, 1.82) is 0 Å². The molecule has 0 saturated heterocycles. The third-order valence-electron chi connectivity index (χ3n) is 6.33. The number of hydrogen-bond acceptors (Lipinski definition) is 7. The van der Waals surface area contributed by atoms with Gasteiger partial charge < -0.3 is 20.1 Å². The molecule has 0 spiro atoms. The number of fused-ring (bicyclic) bond motifs is 3. The van der Waals surface area contributed by atoms with Crippen LogP contribution in [0.25, 0.3) is 0 Å². The summed E-state index contributed by atoms with van der Waals surface area (Å²) in [7, 11) is 1.53. The molecule has 1 atom stereocenters. The van der Waals surface area contributed by atoms with Gasteiger partial charge in [-0.25, -0.2) is 4.79 Å². The smallest absolute Gasteiger partial charge is 0.343 e. The average Bonchev–Trinajstić information content (AvgIpc) is 3.23. The van der Waals surface area contributed by atoms with Crippen LogP contribution >= 0.6 is 11.3 Å². The third kappa shape index (κ3) is 4.15. The van der Waals surface area contributed by atoms with E-state index in [0.29, 0.717) is 23.1 Å². The molecule has 2 aromatic carbocycles. The van der Waals surface area contributed by atoms with Crippen molar-refractivity contribution in [3.8, 4) is 11.5 Å². The first-order valence-corrected chi connectivity index (χ1v) is 12.2. The van der Waals surface area contributed by atoms with Crippen molar-refractivity contribution >= 4 is 28.2 Å². The Morgan fingerprint density at radius 2 is 1.91 bits per heavy atom. The number of thiophene rings is 1. The van der Waals surface area contributed by atoms with Crippen LogP contribution in [-0.2, 0) is 13.0 Å². The average molecular weight is 478 g/mol. The van der Waals surface area contributed by atoms with E-state index in [1.807, 2.05) is 12.1 Å². The zero-order valence-corrected chi connectivity index (χ0v) is 20.2. The van der Waals surface area contributed by atoms with Crippen LogP contribution in [0, 0.1) is 0 Å². The van der Waals surface area contributed by atoms with E-state index in [1.54, 1.807) is 47.7 Å². The van der Waals surface area contributed by atoms with Gasteiger partial charge >= 0.3 is 5.97 Å². The standard InChI is InChI=1S/C26H27N3O4S/c1-15(2)29-12-11-18-21(14-29)34-25-22(18)24(30)27-23(28-25)17-9-10-19(20(13-17)32-3)33-26(31)16-7-5-4-6-8-16/h4-10,13,15,23,28H,11-12,14H2,1-3H3,(H,27,30). The van der Waals surface area contributed by atoms with Crippen LogP contribution in [0.5, 0.6) is 11.5 Å². The fraction of sp³-hybridized carbons (Fsp3) is 0.308. The summed E-state index contributed by atoms with van der Waals surface area (Å²) in [5, 5.41) is 7.47. The molecule has 176 valence electrons. The topological polar surface area (TPSA) is 79.9 Å². The largest absolute Gasteiger partial charge is 0.493 e. The lowest BCUT2D eigenvalue weighted by molar-refractivity contribution is 0.0729. The summed E-state index contributed by atoms with van der Waals surface area (Å²) in [6.45, 7) is 6.24. The maximum atomic E-state index is 13.1. The molecule has 0 radical (unpaired) electrons. The molecule has 3 aromatic rings. The summed E-state index contributed by atoms with van der Waals surface area (Å²) in [4.78, 5) is 29.2. The number of carbonyl (C=O) groups excluding carboxylic acids is 2. The Morgan fingerprint density at radius 1 is 1.12 bits per heavy atom. The summed E-state index contributed by atoms with van der Waals surface area (Å²) in [6.07, 6.45) is 0.475. The molecule has 34 heavy (non-hydrogen) atoms. The quantitative estimate of drug-likeness (QED) is 0.413. The van der Waals surface area contributed by atoms with Gasteiger partial charge in [-0.1, -0.05) is 24.3 Å². The lowest BCUT2D eigenvalue weighted by Crippen LogP contribution is -2.39. The highest BCUT2D eigenvalue weighted by Crippen LogP contribution is 2.41. The van der Waals surface area contributed by atoms with E-state index < -0.39 is 12.1 Å². The summed E-state index contributed by atoms with van der Waals surface area (Å²) in [5.41, 5.74) is 3.21. The molecule has 0 aliphatic carbocycles. The highest BCUT2D eigenvalue weighted by molar-refractivity contribution is 7.16. The van der Waals surface area contributed by atoms with Gasteiger partial charge in [-0.3, -0.25) is 9.69 Å². The molecule has 2 N–H and O–H groups in total. The molecule has 5 rings (SSSR count). The fourth-order valence-electron chi connectivity index (χ4n) is 4.42. The van der Waals surface area contributed by atoms with Gasteiger partial charge in [-0.15, -0.1) is 11.3 Å². The summed E-state index contributed by atoms with van der Waals surface area (Å²) in [5.74, 6) is 0.220. The number of rotatable bonds is 5. The van der Waals surface area contributed by atoms with Crippen molar-refractivity contribution in [2.75, 3.05) is 19.0 Å². The zero-order chi connectivity index (χ0) is 23.8. The normalized spacial score (nSPS) is 17.4. The summed E-state index contributed by atoms with van der Waals surface area (Å²) in [6, 6.07) is 14.6. The number of methoxy groups -OCH3 is 1. The van der Waals surface area contributed by atoms with Crippen LogP contribution in [0.4, 0.5) is 5.00 Å². The molecular formula is C26H27N3O4S. The molecule has 1 unspecified atom stereocenters. The molecule has 2 aliphatic heterocycles. The van der Waals surface area contributed by atoms with Crippen molar-refractivity contribution in [2.24, 2.45) is 0 Å². The molecule has 0 saturated carbocycles. The van der Waals surface area contributed by atoms with Crippen LogP contribution in [-0.4, -0.2) is 36.5 Å². The minimum Gasteiger partial charge on any atom is -0.493 e. The Labute approximate surface area is 202 Å². The number of nitrogens with zero attached hydrogens (tertiary/aromatic N) is 1. The molecule has 0 fully saturated rings. The molecule has 1 aromatic heterocycles. The minimum absolute atomic E-state index is 0.0622. The number of nitrogens with one attached hydrogen (secondary N) is 2. The van der Waals surface area contributed by atoms with Crippen LogP contribution in [0.3, 0.4) is 0 Å². The number of carbonyl (C=O) groups is 2. The molecule has 7 nitrogen and oxygen atoms in total. The van der Waals surface area contributed by atoms with E-state index in [9.17, 15) is 9.59 Å². The Bertz CT molecular complexity index is 1240. The molecule has 0 bridgehead atoms. The molecule has 8 heteroatoms. The number of ether oxygens (including phenoxy) is 2. The second-order valence-electron chi connectivity index (χ2n) is 8.74. The van der Waals surface area contributed by atoms with Gasteiger partial charge in [0.05, 0.1) is 18.2 Å². The molecule has 2 aliphatic rings. The van der Waals surface area contributed by atoms with Gasteiger partial charge in [0, 0.05) is 24.0 Å². The third-order valence-corrected chi connectivity index (χ3v) is 7.48. The number of anilines is 1. The van der Waals surface area contributed by atoms with E-state index in [2.05, 4.69) is 29.4 Å². The van der Waals surface area contributed by atoms with Crippen molar-refractivity contribution in [3.05, 3.63) is 75.7 Å². The maximum Gasteiger partial charge on any atom is 0.343 e. The van der Waals surface area contributed by atoms with Gasteiger partial charge in [0.25, 0.3) is 5.91 Å². The molecular weight excluding hydrogens is 450 g/mol. The summed E-state index contributed by atoms with van der Waals surface area (Å²) < 4.78 is 11.0. The first kappa shape index (κ1) is 22.4. The van der Waals surface area contributed by atoms with Crippen LogP contribution < -0.4 is 20.1 Å². The minimum atomic E-state index is -0.458. The van der Waals surface area contributed by atoms with Crippen molar-refractivity contribution in [1.82, 2.24) is 10.2 Å². The van der Waals surface area contributed by atoms with Crippen molar-refractivity contribution in [3.63, 3.8) is 0 Å². The van der Waals surface area contributed by atoms with E-state index in [-0.39, 0.29) is 5.91 Å². The highest BCUT2D eigenvalue weighted by atomic mass is 32.1. The van der Waals surface area contributed by atoms with Gasteiger partial charge in [0.1, 0.15) is 11.2 Å². The van der Waals surface area contributed by atoms with Crippen LogP contribution in [0.2, 0.25) is 0 Å². The van der Waals surface area contributed by atoms with Gasteiger partial charge in [-0.05, 0) is 55.7 Å². The second kappa shape index (κ2) is 9.12. The predicted molar refractivity (Wildman–Crippen MR) is 132 cm³/mol. The molecule has 3 heterocycles. The summed E-state index contributed by atoms with van der Waals surface area (Å²) >= 11 is 1.67. The van der Waals surface area contributed by atoms with Gasteiger partial charge in [0.15, 0.2) is 11.5 Å². The van der Waals surface area contributed by atoms with Gasteiger partial charge in [0.2, 0.25) is 0 Å². The SMILES string of the molecule is COc1cc(C2NC(=O)c3c(sc4c3CCN(C(C)C)C4)N2)ccc1OC(=O)c1ccccc1. The first-order valence-electron chi connectivity index (χ1n) is 11.4. The zero-order valence-electron chi connectivity index (χ0n) is 19.4. The van der Waals surface area contributed by atoms with E-state index in [4.69, 9.17) is 9.47 Å². The predicted octanol–water partition coefficient (Wildman–Crippen LogP) is 4.60. The van der Waals surface area contributed by atoms with Crippen LogP contribution in [0.1, 0.15) is 56.7 Å². The monoisotopic (exact) mass is 477 g/mol. The van der Waals surface area contributed by atoms with E-state index >= 15 is 0 Å². The van der Waals surface area contributed by atoms with Crippen molar-refractivity contribution < 1.29 is 19.1 Å². The Kier molecular flexibility index (Phi) is 6.02. The van der Waals surface area contributed by atoms with Crippen molar-refractivity contribution in [2.45, 2.75) is 39.0 Å². The Hall–Kier alpha value is -3.36. The number of esters is 1.